The summed E-state index contributed by atoms with van der Waals surface area (Å²) < 4.78 is 26.6. The van der Waals surface area contributed by atoms with E-state index in [1.165, 1.54) is 10.4 Å². The highest BCUT2D eigenvalue weighted by Gasteiger charge is 2.32. The Bertz CT molecular complexity index is 662. The van der Waals surface area contributed by atoms with Crippen molar-refractivity contribution in [2.75, 3.05) is 26.2 Å². The average molecular weight is 396 g/mol. The number of hydrogen-bond donors (Lipinski definition) is 1. The first-order valence-corrected chi connectivity index (χ1v) is 9.48. The maximum atomic E-state index is 12.6. The maximum Gasteiger partial charge on any atom is 0.244 e. The van der Waals surface area contributed by atoms with Crippen molar-refractivity contribution in [2.45, 2.75) is 30.7 Å². The van der Waals surface area contributed by atoms with E-state index in [1.54, 1.807) is 23.1 Å². The van der Waals surface area contributed by atoms with E-state index in [0.29, 0.717) is 19.5 Å². The molecule has 0 bridgehead atoms. The fourth-order valence-corrected chi connectivity index (χ4v) is 4.53. The molecule has 24 heavy (non-hydrogen) atoms. The molecular formula is C15H23Cl2N3O3S. The fourth-order valence-electron chi connectivity index (χ4n) is 2.61. The molecule has 1 aliphatic heterocycles. The Kier molecular flexibility index (Phi) is 7.95. The van der Waals surface area contributed by atoms with Crippen molar-refractivity contribution in [3.63, 3.8) is 0 Å². The highest BCUT2D eigenvalue weighted by molar-refractivity contribution is 7.89. The summed E-state index contributed by atoms with van der Waals surface area (Å²) in [4.78, 5) is 13.9. The third-order valence-electron chi connectivity index (χ3n) is 3.92. The molecule has 6 nitrogen and oxygen atoms in total. The van der Waals surface area contributed by atoms with E-state index in [2.05, 4.69) is 0 Å². The van der Waals surface area contributed by atoms with E-state index < -0.39 is 16.1 Å². The van der Waals surface area contributed by atoms with Crippen molar-refractivity contribution < 1.29 is 13.2 Å². The zero-order chi connectivity index (χ0) is 17.0. The molecule has 2 rings (SSSR count). The topological polar surface area (TPSA) is 83.7 Å². The van der Waals surface area contributed by atoms with E-state index in [4.69, 9.17) is 17.3 Å². The third-order valence-corrected chi connectivity index (χ3v) is 6.32. The third kappa shape index (κ3) is 4.61. The molecule has 2 N–H and O–H groups in total. The van der Waals surface area contributed by atoms with Gasteiger partial charge in [0.2, 0.25) is 15.9 Å². The molecule has 1 unspecified atom stereocenters. The first-order valence-electron chi connectivity index (χ1n) is 7.67. The van der Waals surface area contributed by atoms with Crippen LogP contribution < -0.4 is 5.73 Å². The lowest BCUT2D eigenvalue weighted by atomic mass is 10.1. The molecule has 1 heterocycles. The molecule has 0 aliphatic carbocycles. The summed E-state index contributed by atoms with van der Waals surface area (Å²) >= 11 is 6.00. The van der Waals surface area contributed by atoms with Gasteiger partial charge < -0.3 is 10.6 Å². The summed E-state index contributed by atoms with van der Waals surface area (Å²) in [6.45, 7) is 3.16. The number of benzene rings is 1. The monoisotopic (exact) mass is 395 g/mol. The predicted octanol–water partition coefficient (Wildman–Crippen LogP) is 1.72. The van der Waals surface area contributed by atoms with Crippen molar-refractivity contribution in [1.82, 2.24) is 9.21 Å². The second-order valence-corrected chi connectivity index (χ2v) is 7.87. The minimum atomic E-state index is -3.64. The average Bonchev–Trinajstić information content (AvgIpc) is 2.54. The van der Waals surface area contributed by atoms with Crippen molar-refractivity contribution in [3.8, 4) is 0 Å². The number of amides is 1. The van der Waals surface area contributed by atoms with Crippen LogP contribution in [0, 0.1) is 0 Å². The lowest BCUT2D eigenvalue weighted by molar-refractivity contribution is -0.133. The molecule has 1 amide bonds. The van der Waals surface area contributed by atoms with Crippen molar-refractivity contribution in [2.24, 2.45) is 5.73 Å². The lowest BCUT2D eigenvalue weighted by Gasteiger charge is -2.35. The Morgan fingerprint density at radius 1 is 1.25 bits per heavy atom. The van der Waals surface area contributed by atoms with Gasteiger partial charge in [-0.1, -0.05) is 37.1 Å². The van der Waals surface area contributed by atoms with Gasteiger partial charge in [-0.2, -0.15) is 4.31 Å². The minimum Gasteiger partial charge on any atom is -0.339 e. The van der Waals surface area contributed by atoms with Gasteiger partial charge in [-0.3, -0.25) is 4.79 Å². The number of halogens is 2. The second-order valence-electron chi connectivity index (χ2n) is 5.55. The van der Waals surface area contributed by atoms with Crippen molar-refractivity contribution in [1.29, 1.82) is 0 Å². The zero-order valence-corrected chi connectivity index (χ0v) is 15.9. The van der Waals surface area contributed by atoms with Crippen LogP contribution in [0.25, 0.3) is 0 Å². The Labute approximate surface area is 154 Å². The van der Waals surface area contributed by atoms with Crippen LogP contribution in [-0.4, -0.2) is 55.8 Å². The van der Waals surface area contributed by atoms with Gasteiger partial charge in [0.1, 0.15) is 4.90 Å². The first kappa shape index (κ1) is 21.2. The molecule has 1 aromatic carbocycles. The highest BCUT2D eigenvalue weighted by Crippen LogP contribution is 2.25. The summed E-state index contributed by atoms with van der Waals surface area (Å²) in [7, 11) is -3.64. The lowest BCUT2D eigenvalue weighted by Crippen LogP contribution is -2.54. The number of carbonyl (C=O) groups excluding carboxylic acids is 1. The predicted molar refractivity (Wildman–Crippen MR) is 96.9 cm³/mol. The van der Waals surface area contributed by atoms with E-state index in [1.807, 2.05) is 6.92 Å². The molecule has 1 aromatic rings. The van der Waals surface area contributed by atoms with Gasteiger partial charge in [-0.05, 0) is 18.6 Å². The van der Waals surface area contributed by atoms with Gasteiger partial charge in [-0.15, -0.1) is 12.4 Å². The molecule has 0 saturated carbocycles. The van der Waals surface area contributed by atoms with Gasteiger partial charge in [0, 0.05) is 26.2 Å². The normalized spacial score (nSPS) is 17.2. The van der Waals surface area contributed by atoms with Crippen LogP contribution in [0.1, 0.15) is 19.8 Å². The summed E-state index contributed by atoms with van der Waals surface area (Å²) in [5, 5.41) is 0.205. The molecular weight excluding hydrogens is 373 g/mol. The fraction of sp³-hybridized carbons (Fsp3) is 0.533. The molecule has 0 aromatic heterocycles. The summed E-state index contributed by atoms with van der Waals surface area (Å²) in [6, 6.07) is 5.87. The van der Waals surface area contributed by atoms with Crippen LogP contribution in [-0.2, 0) is 14.8 Å². The van der Waals surface area contributed by atoms with Gasteiger partial charge in [0.15, 0.2) is 0 Å². The quantitative estimate of drug-likeness (QED) is 0.822. The number of piperazine rings is 1. The summed E-state index contributed by atoms with van der Waals surface area (Å²) in [6.07, 6.45) is 1.48. The Balaban J connectivity index is 0.00000288. The summed E-state index contributed by atoms with van der Waals surface area (Å²) in [5.41, 5.74) is 5.85. The Hall–Kier alpha value is -0.860. The van der Waals surface area contributed by atoms with Gasteiger partial charge >= 0.3 is 0 Å². The standard InChI is InChI=1S/C15H22ClN3O3S.ClH/c1-2-5-13(17)15(20)18-8-10-19(11-9-18)23(21,22)14-7-4-3-6-12(14)16;/h3-4,6-7,13H,2,5,8-11,17H2,1H3;1H. The van der Waals surface area contributed by atoms with E-state index >= 15 is 0 Å². The molecule has 0 spiro atoms. The van der Waals surface area contributed by atoms with Crippen LogP contribution in [0.15, 0.2) is 29.2 Å². The Morgan fingerprint density at radius 3 is 2.38 bits per heavy atom. The largest absolute Gasteiger partial charge is 0.339 e. The van der Waals surface area contributed by atoms with E-state index in [9.17, 15) is 13.2 Å². The highest BCUT2D eigenvalue weighted by atomic mass is 35.5. The van der Waals surface area contributed by atoms with Crippen LogP contribution in [0.3, 0.4) is 0 Å². The van der Waals surface area contributed by atoms with Crippen LogP contribution in [0.4, 0.5) is 0 Å². The maximum absolute atomic E-state index is 12.6. The van der Waals surface area contributed by atoms with Crippen molar-refractivity contribution in [3.05, 3.63) is 29.3 Å². The first-order chi connectivity index (χ1) is 10.9. The Morgan fingerprint density at radius 2 is 1.83 bits per heavy atom. The van der Waals surface area contributed by atoms with Crippen molar-refractivity contribution >= 4 is 39.9 Å². The van der Waals surface area contributed by atoms with Gasteiger partial charge in [-0.25, -0.2) is 8.42 Å². The summed E-state index contributed by atoms with van der Waals surface area (Å²) in [5.74, 6) is -0.110. The molecule has 9 heteroatoms. The second kappa shape index (κ2) is 9.01. The van der Waals surface area contributed by atoms with E-state index in [-0.39, 0.29) is 41.3 Å². The number of nitrogens with two attached hydrogens (primary N) is 1. The van der Waals surface area contributed by atoms with Crippen LogP contribution in [0.2, 0.25) is 5.02 Å². The number of sulfonamides is 1. The van der Waals surface area contributed by atoms with Gasteiger partial charge in [0.25, 0.3) is 0 Å². The molecule has 1 saturated heterocycles. The minimum absolute atomic E-state index is 0. The molecule has 136 valence electrons. The van der Waals surface area contributed by atoms with Gasteiger partial charge in [0.05, 0.1) is 11.1 Å². The zero-order valence-electron chi connectivity index (χ0n) is 13.5. The SMILES string of the molecule is CCCC(N)C(=O)N1CCN(S(=O)(=O)c2ccccc2Cl)CC1.Cl. The van der Waals surface area contributed by atoms with Crippen LogP contribution in [0.5, 0.6) is 0 Å². The molecule has 1 atom stereocenters. The number of rotatable bonds is 5. The number of nitrogens with zero attached hydrogens (tertiary/aromatic N) is 2. The number of hydrogen-bond acceptors (Lipinski definition) is 4. The van der Waals surface area contributed by atoms with Crippen LogP contribution >= 0.6 is 24.0 Å². The van der Waals surface area contributed by atoms with E-state index in [0.717, 1.165) is 6.42 Å². The smallest absolute Gasteiger partial charge is 0.244 e. The number of carbonyl (C=O) groups is 1. The molecule has 1 aliphatic rings. The molecule has 1 fully saturated rings. The molecule has 0 radical (unpaired) electrons.